The highest BCUT2D eigenvalue weighted by molar-refractivity contribution is 14.0. The molecule has 5 nitrogen and oxygen atoms in total. The van der Waals surface area contributed by atoms with Crippen LogP contribution in [0.3, 0.4) is 0 Å². The molecule has 0 aliphatic carbocycles. The molecule has 0 amide bonds. The van der Waals surface area contributed by atoms with Crippen molar-refractivity contribution in [3.05, 3.63) is 29.8 Å². The predicted octanol–water partition coefficient (Wildman–Crippen LogP) is 3.44. The highest BCUT2D eigenvalue weighted by atomic mass is 127. The number of nitrogens with one attached hydrogen (secondary N) is 1. The molecule has 1 fully saturated rings. The van der Waals surface area contributed by atoms with E-state index in [0.29, 0.717) is 13.2 Å². The number of likely N-dealkylation sites (N-methyl/N-ethyl adjacent to an activating group) is 1. The van der Waals surface area contributed by atoms with Crippen molar-refractivity contribution in [3.63, 3.8) is 0 Å². The van der Waals surface area contributed by atoms with Gasteiger partial charge in [0.25, 0.3) is 0 Å². The van der Waals surface area contributed by atoms with Gasteiger partial charge >= 0.3 is 0 Å². The summed E-state index contributed by atoms with van der Waals surface area (Å²) < 4.78 is 5.82. The van der Waals surface area contributed by atoms with Gasteiger partial charge in [-0.1, -0.05) is 19.1 Å². The fraction of sp³-hybridized carbons (Fsp3) is 0.650. The first-order valence-corrected chi connectivity index (χ1v) is 9.48. The lowest BCUT2D eigenvalue weighted by atomic mass is 10.00. The molecule has 0 bridgehead atoms. The molecule has 6 heteroatoms. The number of nitrogens with zero attached hydrogens (tertiary/aromatic N) is 3. The third-order valence-electron chi connectivity index (χ3n) is 4.54. The van der Waals surface area contributed by atoms with Crippen LogP contribution in [0.4, 0.5) is 0 Å². The number of ether oxygens (including phenoxy) is 1. The summed E-state index contributed by atoms with van der Waals surface area (Å²) >= 11 is 0. The van der Waals surface area contributed by atoms with Gasteiger partial charge in [0.05, 0.1) is 6.54 Å². The third kappa shape index (κ3) is 8.12. The summed E-state index contributed by atoms with van der Waals surface area (Å²) in [7, 11) is 4.11. The van der Waals surface area contributed by atoms with Gasteiger partial charge in [0.2, 0.25) is 0 Å². The number of rotatable bonds is 7. The summed E-state index contributed by atoms with van der Waals surface area (Å²) in [5.41, 5.74) is 1.18. The van der Waals surface area contributed by atoms with Gasteiger partial charge < -0.3 is 19.9 Å². The largest absolute Gasteiger partial charge is 0.492 e. The molecule has 1 aromatic carbocycles. The zero-order chi connectivity index (χ0) is 18.1. The number of guanidine groups is 1. The van der Waals surface area contributed by atoms with Gasteiger partial charge in [-0.2, -0.15) is 0 Å². The molecule has 148 valence electrons. The predicted molar refractivity (Wildman–Crippen MR) is 121 cm³/mol. The van der Waals surface area contributed by atoms with E-state index in [1.807, 2.05) is 12.1 Å². The molecule has 0 spiro atoms. The lowest BCUT2D eigenvalue weighted by molar-refractivity contribution is 0.261. The van der Waals surface area contributed by atoms with Crippen LogP contribution in [0.15, 0.2) is 29.3 Å². The number of piperidine rings is 1. The van der Waals surface area contributed by atoms with Gasteiger partial charge in [-0.15, -0.1) is 24.0 Å². The van der Waals surface area contributed by atoms with Gasteiger partial charge in [-0.25, -0.2) is 4.99 Å². The van der Waals surface area contributed by atoms with Crippen molar-refractivity contribution in [2.24, 2.45) is 10.9 Å². The summed E-state index contributed by atoms with van der Waals surface area (Å²) in [4.78, 5) is 9.36. The Bertz CT molecular complexity index is 542. The van der Waals surface area contributed by atoms with Crippen molar-refractivity contribution in [1.82, 2.24) is 15.1 Å². The van der Waals surface area contributed by atoms with Crippen molar-refractivity contribution in [3.8, 4) is 5.75 Å². The third-order valence-corrected chi connectivity index (χ3v) is 4.54. The topological polar surface area (TPSA) is 40.1 Å². The molecular formula is C20H35IN4O. The molecule has 26 heavy (non-hydrogen) atoms. The first kappa shape index (κ1) is 23.0. The molecule has 1 aliphatic heterocycles. The molecule has 1 N–H and O–H groups in total. The van der Waals surface area contributed by atoms with E-state index in [1.165, 1.54) is 18.4 Å². The molecular weight excluding hydrogens is 439 g/mol. The Kier molecular flexibility index (Phi) is 11.0. The van der Waals surface area contributed by atoms with Crippen molar-refractivity contribution in [2.45, 2.75) is 33.2 Å². The van der Waals surface area contributed by atoms with Crippen molar-refractivity contribution >= 4 is 29.9 Å². The summed E-state index contributed by atoms with van der Waals surface area (Å²) in [5, 5.41) is 3.44. The van der Waals surface area contributed by atoms with Gasteiger partial charge in [0.1, 0.15) is 12.4 Å². The second-order valence-electron chi connectivity index (χ2n) is 7.14. The van der Waals surface area contributed by atoms with Crippen molar-refractivity contribution < 1.29 is 4.74 Å². The van der Waals surface area contributed by atoms with Gasteiger partial charge in [-0.3, -0.25) is 0 Å². The Morgan fingerprint density at radius 1 is 1.31 bits per heavy atom. The molecule has 1 heterocycles. The Morgan fingerprint density at radius 3 is 2.69 bits per heavy atom. The maximum atomic E-state index is 5.82. The normalized spacial score (nSPS) is 15.7. The van der Waals surface area contributed by atoms with E-state index in [0.717, 1.165) is 43.8 Å². The zero-order valence-corrected chi connectivity index (χ0v) is 19.0. The Morgan fingerprint density at radius 2 is 2.04 bits per heavy atom. The molecule has 0 atom stereocenters. The van der Waals surface area contributed by atoms with Crippen molar-refractivity contribution in [2.75, 3.05) is 46.9 Å². The van der Waals surface area contributed by atoms with E-state index < -0.39 is 0 Å². The van der Waals surface area contributed by atoms with E-state index in [1.54, 1.807) is 0 Å². The molecule has 1 aliphatic rings. The minimum Gasteiger partial charge on any atom is -0.492 e. The maximum Gasteiger partial charge on any atom is 0.194 e. The molecule has 0 unspecified atom stereocenters. The number of likely N-dealkylation sites (tertiary alicyclic amines) is 1. The number of halogens is 1. The second kappa shape index (κ2) is 12.4. The van der Waals surface area contributed by atoms with Gasteiger partial charge in [0, 0.05) is 26.2 Å². The van der Waals surface area contributed by atoms with Gasteiger partial charge in [-0.05, 0) is 57.5 Å². The fourth-order valence-corrected chi connectivity index (χ4v) is 2.89. The first-order chi connectivity index (χ1) is 12.1. The summed E-state index contributed by atoms with van der Waals surface area (Å²) in [6, 6.07) is 8.27. The Balaban J connectivity index is 0.00000338. The Hall–Kier alpha value is -1.02. The number of hydrogen-bond donors (Lipinski definition) is 1. The van der Waals surface area contributed by atoms with Gasteiger partial charge in [0.15, 0.2) is 5.96 Å². The first-order valence-electron chi connectivity index (χ1n) is 9.48. The Labute approximate surface area is 176 Å². The molecule has 1 aromatic rings. The molecule has 0 saturated carbocycles. The van der Waals surface area contributed by atoms with Crippen LogP contribution in [0.25, 0.3) is 0 Å². The monoisotopic (exact) mass is 474 g/mol. The number of benzene rings is 1. The minimum absolute atomic E-state index is 0. The second-order valence-corrected chi connectivity index (χ2v) is 7.14. The van der Waals surface area contributed by atoms with Crippen molar-refractivity contribution in [1.29, 1.82) is 0 Å². The zero-order valence-electron chi connectivity index (χ0n) is 16.7. The van der Waals surface area contributed by atoms with E-state index in [4.69, 9.17) is 9.73 Å². The summed E-state index contributed by atoms with van der Waals surface area (Å²) in [6.07, 6.45) is 2.50. The van der Waals surface area contributed by atoms with Crippen LogP contribution in [0.5, 0.6) is 5.75 Å². The number of aliphatic imine (C=N–C) groups is 1. The van der Waals surface area contributed by atoms with Crippen LogP contribution >= 0.6 is 24.0 Å². The lowest BCUT2D eigenvalue weighted by Crippen LogP contribution is -2.45. The SMILES string of the molecule is CCNC(=NCc1cccc(OCCN(C)C)c1)N1CCC(C)CC1.I. The van der Waals surface area contributed by atoms with Crippen LogP contribution in [0.2, 0.25) is 0 Å². The highest BCUT2D eigenvalue weighted by Crippen LogP contribution is 2.17. The smallest absolute Gasteiger partial charge is 0.194 e. The fourth-order valence-electron chi connectivity index (χ4n) is 2.89. The summed E-state index contributed by atoms with van der Waals surface area (Å²) in [6.45, 7) is 9.86. The molecule has 1 saturated heterocycles. The number of hydrogen-bond acceptors (Lipinski definition) is 3. The maximum absolute atomic E-state index is 5.82. The standard InChI is InChI=1S/C20H34N4O.HI/c1-5-21-20(24-11-9-17(2)10-12-24)22-16-18-7-6-8-19(15-18)25-14-13-23(3)4;/h6-8,15,17H,5,9-14,16H2,1-4H3,(H,21,22);1H. The van der Waals surface area contributed by atoms with E-state index in [2.05, 4.69) is 55.2 Å². The lowest BCUT2D eigenvalue weighted by Gasteiger charge is -2.33. The molecule has 2 rings (SSSR count). The summed E-state index contributed by atoms with van der Waals surface area (Å²) in [5.74, 6) is 2.79. The van der Waals surface area contributed by atoms with E-state index in [9.17, 15) is 0 Å². The molecule has 0 radical (unpaired) electrons. The average molecular weight is 474 g/mol. The van der Waals surface area contributed by atoms with E-state index in [-0.39, 0.29) is 24.0 Å². The van der Waals surface area contributed by atoms with Crippen LogP contribution in [0.1, 0.15) is 32.3 Å². The molecule has 0 aromatic heterocycles. The highest BCUT2D eigenvalue weighted by Gasteiger charge is 2.18. The van der Waals surface area contributed by atoms with Crippen LogP contribution in [0, 0.1) is 5.92 Å². The van der Waals surface area contributed by atoms with E-state index >= 15 is 0 Å². The van der Waals surface area contributed by atoms with Crippen LogP contribution < -0.4 is 10.1 Å². The quantitative estimate of drug-likeness (QED) is 0.374. The van der Waals surface area contributed by atoms with Crippen LogP contribution in [-0.2, 0) is 6.54 Å². The van der Waals surface area contributed by atoms with Crippen LogP contribution in [-0.4, -0.2) is 62.6 Å². The minimum atomic E-state index is 0. The average Bonchev–Trinajstić information content (AvgIpc) is 2.59.